The van der Waals surface area contributed by atoms with E-state index in [1.165, 1.54) is 51.4 Å². The molecule has 0 aliphatic heterocycles. The summed E-state index contributed by atoms with van der Waals surface area (Å²) in [5.41, 5.74) is 5.72. The molecule has 0 saturated carbocycles. The Hall–Kier alpha value is 0.430. The quantitative estimate of drug-likeness (QED) is 0.320. The molecule has 0 radical (unpaired) electrons. The van der Waals surface area contributed by atoms with Gasteiger partial charge in [0.05, 0.1) is 6.61 Å². The van der Waals surface area contributed by atoms with Crippen molar-refractivity contribution in [2.24, 2.45) is 11.7 Å². The molecule has 0 aromatic heterocycles. The van der Waals surface area contributed by atoms with Gasteiger partial charge in [-0.25, -0.2) is 0 Å². The molecular weight excluding hydrogens is 273 g/mol. The van der Waals surface area contributed by atoms with Gasteiger partial charge in [-0.1, -0.05) is 78.6 Å². The molecule has 3 nitrogen and oxygen atoms in total. The van der Waals surface area contributed by atoms with Crippen LogP contribution in [0.25, 0.3) is 0 Å². The van der Waals surface area contributed by atoms with Gasteiger partial charge in [-0.15, -0.1) is 0 Å². The van der Waals surface area contributed by atoms with Crippen LogP contribution in [0.2, 0.25) is 0 Å². The second-order valence-electron chi connectivity index (χ2n) is 6.12. The van der Waals surface area contributed by atoms with Crippen LogP contribution in [0.4, 0.5) is 0 Å². The summed E-state index contributed by atoms with van der Waals surface area (Å²) in [6, 6.07) is -0.474. The van der Waals surface area contributed by atoms with E-state index in [-0.39, 0.29) is 41.4 Å². The first-order valence-corrected chi connectivity index (χ1v) is 8.51. The summed E-state index contributed by atoms with van der Waals surface area (Å²) in [7, 11) is 0. The van der Waals surface area contributed by atoms with Crippen molar-refractivity contribution in [1.82, 2.24) is 0 Å². The van der Waals surface area contributed by atoms with Crippen LogP contribution in [0.3, 0.4) is 0 Å². The number of nitrogens with two attached hydrogens (primary N) is 1. The number of esters is 1. The third-order valence-corrected chi connectivity index (χ3v) is 3.73. The number of unbranched alkanes of at least 4 members (excludes halogenated alkanes) is 9. The molecule has 0 rings (SSSR count). The van der Waals surface area contributed by atoms with Gasteiger partial charge in [0.15, 0.2) is 0 Å². The van der Waals surface area contributed by atoms with E-state index >= 15 is 0 Å². The van der Waals surface area contributed by atoms with Gasteiger partial charge >= 0.3 is 35.5 Å². The van der Waals surface area contributed by atoms with Crippen LogP contribution in [0, 0.1) is 5.92 Å². The van der Waals surface area contributed by atoms with Gasteiger partial charge < -0.3 is 10.5 Å². The minimum atomic E-state index is -0.474. The molecule has 2 N–H and O–H groups in total. The fourth-order valence-electron chi connectivity index (χ4n) is 2.13. The van der Waals surface area contributed by atoms with Gasteiger partial charge in [0.1, 0.15) is 6.04 Å². The van der Waals surface area contributed by atoms with Crippen molar-refractivity contribution in [2.45, 2.75) is 91.0 Å². The molecule has 0 fully saturated rings. The maximum atomic E-state index is 11.5. The normalized spacial score (nSPS) is 12.0. The van der Waals surface area contributed by atoms with E-state index in [9.17, 15) is 4.79 Å². The molecule has 0 spiro atoms. The monoisotopic (exact) mass is 309 g/mol. The van der Waals surface area contributed by atoms with Crippen molar-refractivity contribution in [1.29, 1.82) is 0 Å². The number of carbonyl (C=O) groups is 1. The summed E-state index contributed by atoms with van der Waals surface area (Å²) in [5, 5.41) is 0. The summed E-state index contributed by atoms with van der Waals surface area (Å²) in [4.78, 5) is 11.5. The summed E-state index contributed by atoms with van der Waals surface area (Å²) in [6.07, 6.45) is 12.9. The third-order valence-electron chi connectivity index (χ3n) is 3.73. The van der Waals surface area contributed by atoms with Crippen molar-refractivity contribution in [3.63, 3.8) is 0 Å². The van der Waals surface area contributed by atoms with Crippen LogP contribution in [0.1, 0.15) is 85.0 Å². The number of ether oxygens (including phenoxy) is 1. The Bertz CT molecular complexity index is 235. The Balaban J connectivity index is 0. The van der Waals surface area contributed by atoms with Crippen LogP contribution in [-0.4, -0.2) is 48.2 Å². The van der Waals surface area contributed by atoms with E-state index < -0.39 is 6.04 Å². The molecular formula is C17H36NNaO2. The first-order chi connectivity index (χ1) is 9.59. The van der Waals surface area contributed by atoms with Crippen LogP contribution >= 0.6 is 0 Å². The van der Waals surface area contributed by atoms with Gasteiger partial charge in [0, 0.05) is 0 Å². The molecule has 122 valence electrons. The summed E-state index contributed by atoms with van der Waals surface area (Å²) in [6.45, 7) is 6.65. The zero-order chi connectivity index (χ0) is 15.2. The van der Waals surface area contributed by atoms with Crippen LogP contribution < -0.4 is 5.73 Å². The molecule has 1 atom stereocenters. The molecule has 0 amide bonds. The Morgan fingerprint density at radius 3 is 1.76 bits per heavy atom. The van der Waals surface area contributed by atoms with E-state index in [1.54, 1.807) is 0 Å². The van der Waals surface area contributed by atoms with Crippen molar-refractivity contribution >= 4 is 35.5 Å². The predicted molar refractivity (Wildman–Crippen MR) is 92.8 cm³/mol. The van der Waals surface area contributed by atoms with Crippen molar-refractivity contribution in [3.05, 3.63) is 0 Å². The fraction of sp³-hybridized carbons (Fsp3) is 0.941. The second-order valence-corrected chi connectivity index (χ2v) is 6.12. The standard InChI is InChI=1S/C17H35NO2.Na.H/c1-4-5-6-7-8-9-10-11-12-13-14-20-17(19)16(18)15(2)3;;/h15-16H,4-14,18H2,1-3H3;;. The van der Waals surface area contributed by atoms with Crippen molar-refractivity contribution < 1.29 is 9.53 Å². The number of hydrogen-bond donors (Lipinski definition) is 1. The molecule has 21 heavy (non-hydrogen) atoms. The van der Waals surface area contributed by atoms with Gasteiger partial charge in [0.2, 0.25) is 0 Å². The molecule has 0 aromatic carbocycles. The molecule has 4 heteroatoms. The minimum absolute atomic E-state index is 0. The first kappa shape index (κ1) is 23.7. The molecule has 0 bridgehead atoms. The zero-order valence-corrected chi connectivity index (χ0v) is 13.8. The van der Waals surface area contributed by atoms with Gasteiger partial charge in [-0.3, -0.25) is 4.79 Å². The topological polar surface area (TPSA) is 52.3 Å². The summed E-state index contributed by atoms with van der Waals surface area (Å²) < 4.78 is 5.17. The number of carbonyl (C=O) groups excluding carboxylic acids is 1. The average Bonchev–Trinajstić information content (AvgIpc) is 2.43. The Morgan fingerprint density at radius 1 is 0.905 bits per heavy atom. The van der Waals surface area contributed by atoms with Crippen LogP contribution in [-0.2, 0) is 9.53 Å². The molecule has 0 aliphatic rings. The molecule has 1 unspecified atom stereocenters. The Kier molecular flexibility index (Phi) is 18.9. The van der Waals surface area contributed by atoms with E-state index in [0.717, 1.165) is 12.8 Å². The Morgan fingerprint density at radius 2 is 1.33 bits per heavy atom. The van der Waals surface area contributed by atoms with Crippen molar-refractivity contribution in [3.8, 4) is 0 Å². The van der Waals surface area contributed by atoms with Crippen molar-refractivity contribution in [2.75, 3.05) is 6.61 Å². The maximum absolute atomic E-state index is 11.5. The second kappa shape index (κ2) is 16.8. The summed E-state index contributed by atoms with van der Waals surface area (Å²) >= 11 is 0. The SMILES string of the molecule is CCCCCCCCCCCCOC(=O)C(N)C(C)C.[NaH]. The third kappa shape index (κ3) is 15.1. The van der Waals surface area contributed by atoms with Gasteiger partial charge in [0.25, 0.3) is 0 Å². The number of hydrogen-bond acceptors (Lipinski definition) is 3. The predicted octanol–water partition coefficient (Wildman–Crippen LogP) is 3.79. The van der Waals surface area contributed by atoms with E-state index in [2.05, 4.69) is 6.92 Å². The fourth-order valence-corrected chi connectivity index (χ4v) is 2.13. The molecule has 0 aliphatic carbocycles. The van der Waals surface area contributed by atoms with E-state index in [0.29, 0.717) is 6.61 Å². The van der Waals surface area contributed by atoms with Crippen LogP contribution in [0.5, 0.6) is 0 Å². The van der Waals surface area contributed by atoms with E-state index in [4.69, 9.17) is 10.5 Å². The zero-order valence-electron chi connectivity index (χ0n) is 13.8. The molecule has 0 aromatic rings. The van der Waals surface area contributed by atoms with Gasteiger partial charge in [-0.2, -0.15) is 0 Å². The van der Waals surface area contributed by atoms with Gasteiger partial charge in [-0.05, 0) is 12.3 Å². The number of rotatable bonds is 13. The summed E-state index contributed by atoms with van der Waals surface area (Å²) in [5.74, 6) is -0.105. The Labute approximate surface area is 154 Å². The van der Waals surface area contributed by atoms with E-state index in [1.807, 2.05) is 13.8 Å². The van der Waals surface area contributed by atoms with Crippen LogP contribution in [0.15, 0.2) is 0 Å². The first-order valence-electron chi connectivity index (χ1n) is 8.51. The molecule has 0 heterocycles. The molecule has 0 saturated heterocycles. The average molecular weight is 309 g/mol.